The van der Waals surface area contributed by atoms with Gasteiger partial charge in [0.1, 0.15) is 9.77 Å². The van der Waals surface area contributed by atoms with Gasteiger partial charge in [0, 0.05) is 7.05 Å². The number of anilines is 1. The molecule has 2 aromatic rings. The molecule has 1 aromatic carbocycles. The van der Waals surface area contributed by atoms with Crippen molar-refractivity contribution in [1.82, 2.24) is 0 Å². The van der Waals surface area contributed by atoms with E-state index in [2.05, 4.69) is 0 Å². The average molecular weight is 340 g/mol. The molecule has 1 heterocycles. The van der Waals surface area contributed by atoms with Gasteiger partial charge in [-0.15, -0.1) is 11.3 Å². The van der Waals surface area contributed by atoms with Crippen molar-refractivity contribution >= 4 is 38.9 Å². The van der Waals surface area contributed by atoms with Crippen molar-refractivity contribution in [2.24, 2.45) is 5.73 Å². The summed E-state index contributed by atoms with van der Waals surface area (Å²) >= 11 is 0.811. The molecule has 2 rings (SSSR count). The van der Waals surface area contributed by atoms with Crippen molar-refractivity contribution in [3.05, 3.63) is 46.2 Å². The second-order valence-electron chi connectivity index (χ2n) is 4.27. The van der Waals surface area contributed by atoms with Crippen LogP contribution in [0.15, 0.2) is 40.6 Å². The van der Waals surface area contributed by atoms with Gasteiger partial charge in [-0.3, -0.25) is 9.10 Å². The minimum Gasteiger partial charge on any atom is -0.477 e. The van der Waals surface area contributed by atoms with Crippen LogP contribution in [-0.4, -0.2) is 32.4 Å². The molecular formula is C13H12N2O5S2. The van der Waals surface area contributed by atoms with Gasteiger partial charge in [-0.1, -0.05) is 12.1 Å². The standard InChI is InChI=1S/C13H12N2O5S2/c1-15(9-5-3-2-4-8(9)12(14)16)22(19,20)10-6-7-21-11(10)13(17)18/h2-7H,1H3,(H2,14,16)(H,17,18). The summed E-state index contributed by atoms with van der Waals surface area (Å²) in [5, 5.41) is 10.4. The highest BCUT2D eigenvalue weighted by molar-refractivity contribution is 7.93. The molecule has 0 radical (unpaired) electrons. The van der Waals surface area contributed by atoms with Crippen molar-refractivity contribution < 1.29 is 23.1 Å². The van der Waals surface area contributed by atoms with Crippen LogP contribution in [-0.2, 0) is 10.0 Å². The molecule has 3 N–H and O–H groups in total. The highest BCUT2D eigenvalue weighted by atomic mass is 32.2. The molecule has 0 saturated carbocycles. The van der Waals surface area contributed by atoms with Gasteiger partial charge in [-0.2, -0.15) is 0 Å². The van der Waals surface area contributed by atoms with Crippen LogP contribution in [0.2, 0.25) is 0 Å². The second-order valence-corrected chi connectivity index (χ2v) is 7.13. The van der Waals surface area contributed by atoms with Crippen LogP contribution in [0.5, 0.6) is 0 Å². The van der Waals surface area contributed by atoms with E-state index in [-0.39, 0.29) is 21.0 Å². The Bertz CT molecular complexity index is 842. The van der Waals surface area contributed by atoms with E-state index in [0.29, 0.717) is 0 Å². The Morgan fingerprint density at radius 3 is 2.45 bits per heavy atom. The van der Waals surface area contributed by atoms with Gasteiger partial charge in [0.2, 0.25) is 0 Å². The predicted octanol–water partition coefficient (Wildman–Crippen LogP) is 1.37. The van der Waals surface area contributed by atoms with Crippen LogP contribution < -0.4 is 10.0 Å². The van der Waals surface area contributed by atoms with Gasteiger partial charge in [0.05, 0.1) is 11.3 Å². The third kappa shape index (κ3) is 2.68. The van der Waals surface area contributed by atoms with E-state index in [0.717, 1.165) is 15.6 Å². The number of hydrogen-bond donors (Lipinski definition) is 2. The minimum atomic E-state index is -4.13. The zero-order valence-corrected chi connectivity index (χ0v) is 13.0. The van der Waals surface area contributed by atoms with Crippen molar-refractivity contribution in [2.45, 2.75) is 4.90 Å². The molecule has 116 valence electrons. The van der Waals surface area contributed by atoms with Gasteiger partial charge in [0.15, 0.2) is 0 Å². The molecule has 0 spiro atoms. The number of carbonyl (C=O) groups excluding carboxylic acids is 1. The molecule has 0 bridgehead atoms. The van der Waals surface area contributed by atoms with Crippen LogP contribution in [0.3, 0.4) is 0 Å². The Morgan fingerprint density at radius 2 is 1.86 bits per heavy atom. The number of hydrogen-bond acceptors (Lipinski definition) is 5. The maximum Gasteiger partial charge on any atom is 0.347 e. The van der Waals surface area contributed by atoms with Gasteiger partial charge < -0.3 is 10.8 Å². The molecule has 0 fully saturated rings. The van der Waals surface area contributed by atoms with E-state index in [4.69, 9.17) is 10.8 Å². The number of amides is 1. The van der Waals surface area contributed by atoms with Crippen LogP contribution in [0.1, 0.15) is 20.0 Å². The lowest BCUT2D eigenvalue weighted by Gasteiger charge is -2.21. The van der Waals surface area contributed by atoms with Crippen LogP contribution in [0.25, 0.3) is 0 Å². The number of nitrogens with zero attached hydrogens (tertiary/aromatic N) is 1. The zero-order valence-electron chi connectivity index (χ0n) is 11.4. The summed E-state index contributed by atoms with van der Waals surface area (Å²) in [5.74, 6) is -2.11. The van der Waals surface area contributed by atoms with Crippen LogP contribution in [0, 0.1) is 0 Å². The fraction of sp³-hybridized carbons (Fsp3) is 0.0769. The normalized spacial score (nSPS) is 11.1. The Balaban J connectivity index is 2.58. The number of benzene rings is 1. The maximum absolute atomic E-state index is 12.6. The lowest BCUT2D eigenvalue weighted by molar-refractivity contribution is 0.0698. The van der Waals surface area contributed by atoms with Gasteiger partial charge in [0.25, 0.3) is 15.9 Å². The predicted molar refractivity (Wildman–Crippen MR) is 81.8 cm³/mol. The van der Waals surface area contributed by atoms with Crippen molar-refractivity contribution in [2.75, 3.05) is 11.4 Å². The second kappa shape index (κ2) is 5.78. The Kier molecular flexibility index (Phi) is 4.20. The van der Waals surface area contributed by atoms with Gasteiger partial charge >= 0.3 is 5.97 Å². The topological polar surface area (TPSA) is 118 Å². The Morgan fingerprint density at radius 1 is 1.23 bits per heavy atom. The van der Waals surface area contributed by atoms with E-state index in [1.807, 2.05) is 0 Å². The lowest BCUT2D eigenvalue weighted by atomic mass is 10.2. The van der Waals surface area contributed by atoms with E-state index in [1.54, 1.807) is 12.1 Å². The molecule has 9 heteroatoms. The largest absolute Gasteiger partial charge is 0.477 e. The molecular weight excluding hydrogens is 328 g/mol. The first kappa shape index (κ1) is 16.0. The molecule has 1 amide bonds. The number of thiophene rings is 1. The van der Waals surface area contributed by atoms with E-state index in [9.17, 15) is 18.0 Å². The summed E-state index contributed by atoms with van der Waals surface area (Å²) in [6, 6.07) is 7.14. The van der Waals surface area contributed by atoms with E-state index < -0.39 is 21.9 Å². The SMILES string of the molecule is CN(c1ccccc1C(N)=O)S(=O)(=O)c1ccsc1C(=O)O. The molecule has 0 aliphatic heterocycles. The Labute approximate surface area is 130 Å². The van der Waals surface area contributed by atoms with Crippen molar-refractivity contribution in [1.29, 1.82) is 0 Å². The first-order valence-electron chi connectivity index (χ1n) is 5.95. The number of nitrogens with two attached hydrogens (primary N) is 1. The number of primary amides is 1. The molecule has 0 aliphatic carbocycles. The summed E-state index contributed by atoms with van der Waals surface area (Å²) in [4.78, 5) is 21.9. The van der Waals surface area contributed by atoms with Crippen LogP contribution >= 0.6 is 11.3 Å². The first-order valence-corrected chi connectivity index (χ1v) is 8.27. The third-order valence-electron chi connectivity index (χ3n) is 2.97. The zero-order chi connectivity index (χ0) is 16.5. The molecule has 0 saturated heterocycles. The Hall–Kier alpha value is -2.39. The average Bonchev–Trinajstić information content (AvgIpc) is 2.96. The fourth-order valence-electron chi connectivity index (χ4n) is 1.89. The fourth-order valence-corrected chi connectivity index (χ4v) is 4.34. The van der Waals surface area contributed by atoms with E-state index >= 15 is 0 Å². The number of para-hydroxylation sites is 1. The number of sulfonamides is 1. The quantitative estimate of drug-likeness (QED) is 0.852. The van der Waals surface area contributed by atoms with Crippen LogP contribution in [0.4, 0.5) is 5.69 Å². The molecule has 0 unspecified atom stereocenters. The lowest BCUT2D eigenvalue weighted by Crippen LogP contribution is -2.29. The maximum atomic E-state index is 12.6. The highest BCUT2D eigenvalue weighted by Crippen LogP contribution is 2.29. The highest BCUT2D eigenvalue weighted by Gasteiger charge is 2.29. The number of aromatic carboxylic acids is 1. The molecule has 22 heavy (non-hydrogen) atoms. The number of carboxylic acids is 1. The van der Waals surface area contributed by atoms with Gasteiger partial charge in [-0.05, 0) is 23.6 Å². The van der Waals surface area contributed by atoms with Crippen molar-refractivity contribution in [3.63, 3.8) is 0 Å². The minimum absolute atomic E-state index is 0.0284. The summed E-state index contributed by atoms with van der Waals surface area (Å²) in [5.41, 5.74) is 5.35. The summed E-state index contributed by atoms with van der Waals surface area (Å²) in [7, 11) is -2.89. The third-order valence-corrected chi connectivity index (χ3v) is 5.82. The molecule has 0 atom stereocenters. The summed E-state index contributed by atoms with van der Waals surface area (Å²) in [6.07, 6.45) is 0. The summed E-state index contributed by atoms with van der Waals surface area (Å²) in [6.45, 7) is 0. The smallest absolute Gasteiger partial charge is 0.347 e. The first-order chi connectivity index (χ1) is 10.3. The van der Waals surface area contributed by atoms with Gasteiger partial charge in [-0.25, -0.2) is 13.2 Å². The number of carbonyl (C=O) groups is 2. The molecule has 0 aliphatic rings. The molecule has 7 nitrogen and oxygen atoms in total. The van der Waals surface area contributed by atoms with Crippen molar-refractivity contribution in [3.8, 4) is 0 Å². The molecule has 1 aromatic heterocycles. The van der Waals surface area contributed by atoms with E-state index in [1.165, 1.54) is 30.6 Å². The number of carboxylic acid groups (broad SMARTS) is 1. The monoisotopic (exact) mass is 340 g/mol. The number of rotatable bonds is 5. The summed E-state index contributed by atoms with van der Waals surface area (Å²) < 4.78 is 26.1.